The zero-order valence-corrected chi connectivity index (χ0v) is 41.0. The van der Waals surface area contributed by atoms with Crippen molar-refractivity contribution >= 4 is 29.8 Å². The third kappa shape index (κ3) is 18.3. The fraction of sp³-hybridized carbons (Fsp3) is 0.327. The number of amides is 4. The number of alkyl carbamates (subject to hydrolysis) is 1. The molecule has 4 aromatic rings. The van der Waals surface area contributed by atoms with Crippen molar-refractivity contribution in [3.05, 3.63) is 130 Å². The molecule has 0 aromatic heterocycles. The smallest absolute Gasteiger partial charge is 0.407 e. The summed E-state index contributed by atoms with van der Waals surface area (Å²) in [5.74, 6) is 12.3. The van der Waals surface area contributed by atoms with E-state index in [0.29, 0.717) is 16.7 Å². The molecule has 0 heterocycles. The molecule has 0 radical (unpaired) electrons. The van der Waals surface area contributed by atoms with Gasteiger partial charge >= 0.3 is 12.1 Å². The summed E-state index contributed by atoms with van der Waals surface area (Å²) < 4.78 is 17.2. The van der Waals surface area contributed by atoms with E-state index in [4.69, 9.17) is 37.0 Å². The van der Waals surface area contributed by atoms with Crippen LogP contribution >= 0.6 is 0 Å². The fourth-order valence-electron chi connectivity index (χ4n) is 6.98. The number of carbonyl (C=O) groups is 5. The SMILES string of the molecule is C#CC#Cc1ccc(C(=O)NC(C(=O)NOC)[C@@H](C)OC(C)(C)C)cc1.C#CC#Cc1ccc(C(=O)O)cc1.CONC(=O)C(NC(=O)OCC1c2ccccc2-c2ccccc21)[C@@H](C)OC(C)(C)C. The molecule has 366 valence electrons. The van der Waals surface area contributed by atoms with Crippen molar-refractivity contribution in [3.63, 3.8) is 0 Å². The third-order valence-corrected chi connectivity index (χ3v) is 9.73. The average Bonchev–Trinajstić information content (AvgIpc) is 3.63. The van der Waals surface area contributed by atoms with Gasteiger partial charge in [-0.2, -0.15) is 0 Å². The molecule has 5 N–H and O–H groups in total. The van der Waals surface area contributed by atoms with Gasteiger partial charge in [-0.25, -0.2) is 20.5 Å². The Morgan fingerprint density at radius 2 is 1.01 bits per heavy atom. The number of aromatic carboxylic acids is 1. The van der Waals surface area contributed by atoms with Crippen LogP contribution in [0.15, 0.2) is 97.1 Å². The van der Waals surface area contributed by atoms with Crippen LogP contribution in [0.1, 0.15) is 104 Å². The van der Waals surface area contributed by atoms with E-state index in [1.165, 1.54) is 26.4 Å². The molecule has 2 unspecified atom stereocenters. The zero-order chi connectivity index (χ0) is 52.0. The Labute approximate surface area is 410 Å². The van der Waals surface area contributed by atoms with Gasteiger partial charge in [0.15, 0.2) is 0 Å². The Bertz CT molecular complexity index is 2600. The maximum absolute atomic E-state index is 12.6. The molecular weight excluding hydrogens is 893 g/mol. The van der Waals surface area contributed by atoms with E-state index in [-0.39, 0.29) is 18.1 Å². The predicted molar refractivity (Wildman–Crippen MR) is 265 cm³/mol. The number of carbonyl (C=O) groups excluding carboxylic acids is 4. The van der Waals surface area contributed by atoms with Gasteiger partial charge in [0.2, 0.25) is 0 Å². The van der Waals surface area contributed by atoms with Crippen molar-refractivity contribution in [2.75, 3.05) is 20.8 Å². The van der Waals surface area contributed by atoms with Gasteiger partial charge in [0.25, 0.3) is 17.7 Å². The molecular formula is C55H60N4O11. The van der Waals surface area contributed by atoms with Crippen LogP contribution in [0.3, 0.4) is 0 Å². The summed E-state index contributed by atoms with van der Waals surface area (Å²) in [6, 6.07) is 27.1. The van der Waals surface area contributed by atoms with Crippen molar-refractivity contribution in [1.29, 1.82) is 0 Å². The number of hydrogen-bond donors (Lipinski definition) is 5. The summed E-state index contributed by atoms with van der Waals surface area (Å²) >= 11 is 0. The first-order valence-corrected chi connectivity index (χ1v) is 21.9. The highest BCUT2D eigenvalue weighted by Gasteiger charge is 2.34. The largest absolute Gasteiger partial charge is 0.478 e. The van der Waals surface area contributed by atoms with Crippen LogP contribution in [-0.4, -0.2) is 91.2 Å². The second-order valence-electron chi connectivity index (χ2n) is 17.4. The Morgan fingerprint density at radius 1 is 0.614 bits per heavy atom. The van der Waals surface area contributed by atoms with Gasteiger partial charge < -0.3 is 30.0 Å². The predicted octanol–water partition coefficient (Wildman–Crippen LogP) is 6.80. The van der Waals surface area contributed by atoms with E-state index in [1.54, 1.807) is 50.2 Å². The van der Waals surface area contributed by atoms with Gasteiger partial charge in [0.05, 0.1) is 43.2 Å². The minimum atomic E-state index is -0.977. The number of nitrogens with one attached hydrogen (secondary N) is 4. The molecule has 15 nitrogen and oxygen atoms in total. The number of hydroxylamine groups is 2. The number of rotatable bonds is 14. The van der Waals surface area contributed by atoms with Crippen molar-refractivity contribution in [1.82, 2.24) is 21.6 Å². The van der Waals surface area contributed by atoms with Crippen LogP contribution in [0, 0.1) is 48.4 Å². The molecule has 70 heavy (non-hydrogen) atoms. The number of carboxylic acids is 1. The number of carboxylic acid groups (broad SMARTS) is 1. The summed E-state index contributed by atoms with van der Waals surface area (Å²) in [7, 11) is 2.65. The second-order valence-corrected chi connectivity index (χ2v) is 17.4. The van der Waals surface area contributed by atoms with E-state index in [1.807, 2.05) is 65.8 Å². The maximum Gasteiger partial charge on any atom is 0.407 e. The molecule has 1 aliphatic rings. The van der Waals surface area contributed by atoms with E-state index in [2.05, 4.69) is 86.2 Å². The first-order chi connectivity index (χ1) is 33.1. The Morgan fingerprint density at radius 3 is 1.40 bits per heavy atom. The lowest BCUT2D eigenvalue weighted by Gasteiger charge is -2.30. The Balaban J connectivity index is 0.000000300. The highest BCUT2D eigenvalue weighted by molar-refractivity contribution is 5.97. The standard InChI is InChI=1S/C24H30N2O5.C20H24N2O4.C11H6O2/c1-15(31-24(2,3)4)21(22(27)26-29-5)25-23(28)30-14-20-18-12-8-6-10-16(18)17-11-7-9-13-19(17)20;1-7-8-9-15-10-12-16(13-11-15)18(23)21-17(19(24)22-25-6)14(2)26-20(3,4)5;1-2-3-4-9-5-7-10(8-6-9)11(12)13/h6-13,15,20-21H,14H2,1-5H3,(H,25,28)(H,26,27);1,10-14,17H,2-6H3,(H,21,23)(H,22,24);1,5-8H,(H,12,13)/t15-,21?;14-,17?;/m11./s1. The van der Waals surface area contributed by atoms with Crippen LogP contribution in [0.4, 0.5) is 4.79 Å². The first kappa shape index (κ1) is 56.4. The van der Waals surface area contributed by atoms with Crippen molar-refractivity contribution in [2.24, 2.45) is 0 Å². The number of terminal acetylenes is 2. The first-order valence-electron chi connectivity index (χ1n) is 21.9. The fourth-order valence-corrected chi connectivity index (χ4v) is 6.98. The van der Waals surface area contributed by atoms with E-state index in [9.17, 15) is 24.0 Å². The Kier molecular flexibility index (Phi) is 21.9. The third-order valence-electron chi connectivity index (χ3n) is 9.73. The number of benzene rings is 4. The summed E-state index contributed by atoms with van der Waals surface area (Å²) in [6.07, 6.45) is 8.16. The molecule has 0 spiro atoms. The molecule has 0 saturated heterocycles. The average molecular weight is 953 g/mol. The summed E-state index contributed by atoms with van der Waals surface area (Å²) in [5.41, 5.74) is 10.1. The highest BCUT2D eigenvalue weighted by atomic mass is 16.6. The minimum absolute atomic E-state index is 0.0624. The Hall–Kier alpha value is -7.89. The molecule has 0 bridgehead atoms. The quantitative estimate of drug-likeness (QED) is 0.0659. The van der Waals surface area contributed by atoms with Crippen LogP contribution in [-0.2, 0) is 33.5 Å². The van der Waals surface area contributed by atoms with Gasteiger partial charge in [0, 0.05) is 22.6 Å². The number of ether oxygens (including phenoxy) is 3. The molecule has 4 aromatic carbocycles. The lowest BCUT2D eigenvalue weighted by Crippen LogP contribution is -2.54. The van der Waals surface area contributed by atoms with Crippen LogP contribution < -0.4 is 21.6 Å². The summed E-state index contributed by atoms with van der Waals surface area (Å²) in [5, 5.41) is 13.9. The van der Waals surface area contributed by atoms with Crippen molar-refractivity contribution < 1.29 is 53.0 Å². The van der Waals surface area contributed by atoms with Crippen LogP contribution in [0.2, 0.25) is 0 Å². The molecule has 15 heteroatoms. The van der Waals surface area contributed by atoms with E-state index < -0.39 is 65.3 Å². The lowest BCUT2D eigenvalue weighted by atomic mass is 9.98. The van der Waals surface area contributed by atoms with Gasteiger partial charge in [-0.1, -0.05) is 60.4 Å². The van der Waals surface area contributed by atoms with Gasteiger partial charge in [-0.3, -0.25) is 24.1 Å². The summed E-state index contributed by atoms with van der Waals surface area (Å²) in [6.45, 7) is 14.8. The number of hydrogen-bond acceptors (Lipinski definition) is 10. The monoisotopic (exact) mass is 952 g/mol. The molecule has 4 atom stereocenters. The zero-order valence-electron chi connectivity index (χ0n) is 41.0. The van der Waals surface area contributed by atoms with Gasteiger partial charge in [0.1, 0.15) is 18.7 Å². The molecule has 0 saturated carbocycles. The summed E-state index contributed by atoms with van der Waals surface area (Å²) in [4.78, 5) is 69.6. The second kappa shape index (κ2) is 27.2. The van der Waals surface area contributed by atoms with E-state index in [0.717, 1.165) is 22.3 Å². The normalized spacial score (nSPS) is 12.8. The molecule has 5 rings (SSSR count). The van der Waals surface area contributed by atoms with Gasteiger partial charge in [-0.05, 0) is 150 Å². The molecule has 0 fully saturated rings. The molecule has 1 aliphatic carbocycles. The topological polar surface area (TPSA) is 200 Å². The number of fused-ring (bicyclic) bond motifs is 3. The minimum Gasteiger partial charge on any atom is -0.478 e. The van der Waals surface area contributed by atoms with Crippen molar-refractivity contribution in [3.8, 4) is 59.5 Å². The molecule has 4 amide bonds. The molecule has 0 aliphatic heterocycles. The lowest BCUT2D eigenvalue weighted by molar-refractivity contribution is -0.141. The van der Waals surface area contributed by atoms with Crippen molar-refractivity contribution in [2.45, 2.75) is 96.8 Å². The van der Waals surface area contributed by atoms with Crippen LogP contribution in [0.5, 0.6) is 0 Å². The van der Waals surface area contributed by atoms with E-state index >= 15 is 0 Å². The maximum atomic E-state index is 12.6. The highest BCUT2D eigenvalue weighted by Crippen LogP contribution is 2.44. The van der Waals surface area contributed by atoms with Crippen LogP contribution in [0.25, 0.3) is 11.1 Å². The van der Waals surface area contributed by atoms with Gasteiger partial charge in [-0.15, -0.1) is 12.8 Å².